The molecule has 0 aromatic rings. The number of hydrogen-bond donors (Lipinski definition) is 0. The standard InChI is InChI=1S/C18H35NO/c1-4-5-6-7-8-9-10-11-12-13-14-15-16-17-18(20)19(2)3/h16-17H,4-15H2,1-3H3. The van der Waals surface area contributed by atoms with Gasteiger partial charge in [0.05, 0.1) is 0 Å². The van der Waals surface area contributed by atoms with Gasteiger partial charge >= 0.3 is 0 Å². The molecule has 2 heteroatoms. The quantitative estimate of drug-likeness (QED) is 0.330. The van der Waals surface area contributed by atoms with Crippen LogP contribution in [0.3, 0.4) is 0 Å². The Morgan fingerprint density at radius 1 is 0.800 bits per heavy atom. The van der Waals surface area contributed by atoms with Crippen molar-refractivity contribution in [3.05, 3.63) is 12.2 Å². The van der Waals surface area contributed by atoms with Gasteiger partial charge in [0, 0.05) is 14.1 Å². The predicted molar refractivity (Wildman–Crippen MR) is 88.9 cm³/mol. The molecule has 118 valence electrons. The zero-order valence-electron chi connectivity index (χ0n) is 14.0. The van der Waals surface area contributed by atoms with Gasteiger partial charge in [-0.1, -0.05) is 77.2 Å². The number of rotatable bonds is 13. The molecule has 0 aliphatic rings. The smallest absolute Gasteiger partial charge is 0.245 e. The number of carbonyl (C=O) groups is 1. The van der Waals surface area contributed by atoms with E-state index in [0.717, 1.165) is 6.42 Å². The van der Waals surface area contributed by atoms with Crippen LogP contribution < -0.4 is 0 Å². The normalized spacial score (nSPS) is 11.2. The number of likely N-dealkylation sites (N-methyl/N-ethyl adjacent to an activating group) is 1. The Labute approximate surface area is 126 Å². The Morgan fingerprint density at radius 2 is 1.25 bits per heavy atom. The first-order valence-electron chi connectivity index (χ1n) is 8.56. The van der Waals surface area contributed by atoms with Crippen LogP contribution >= 0.6 is 0 Å². The lowest BCUT2D eigenvalue weighted by atomic mass is 10.1. The third-order valence-corrected chi connectivity index (χ3v) is 3.68. The highest BCUT2D eigenvalue weighted by Crippen LogP contribution is 2.11. The summed E-state index contributed by atoms with van der Waals surface area (Å²) in [5, 5.41) is 0. The highest BCUT2D eigenvalue weighted by molar-refractivity contribution is 5.86. The molecule has 2 nitrogen and oxygen atoms in total. The van der Waals surface area contributed by atoms with Crippen molar-refractivity contribution in [2.45, 2.75) is 84.0 Å². The molecule has 20 heavy (non-hydrogen) atoms. The fourth-order valence-corrected chi connectivity index (χ4v) is 2.26. The van der Waals surface area contributed by atoms with E-state index in [9.17, 15) is 4.79 Å². The third kappa shape index (κ3) is 13.6. The fourth-order valence-electron chi connectivity index (χ4n) is 2.26. The zero-order chi connectivity index (χ0) is 15.1. The highest BCUT2D eigenvalue weighted by atomic mass is 16.2. The molecule has 0 aromatic carbocycles. The Hall–Kier alpha value is -0.790. The molecule has 0 aliphatic carbocycles. The Morgan fingerprint density at radius 3 is 1.70 bits per heavy atom. The molecule has 0 N–H and O–H groups in total. The molecule has 0 radical (unpaired) electrons. The number of hydrogen-bond acceptors (Lipinski definition) is 1. The predicted octanol–water partition coefficient (Wildman–Crippen LogP) is 5.33. The number of carbonyl (C=O) groups excluding carboxylic acids is 1. The van der Waals surface area contributed by atoms with Gasteiger partial charge in [-0.2, -0.15) is 0 Å². The van der Waals surface area contributed by atoms with Crippen molar-refractivity contribution >= 4 is 5.91 Å². The lowest BCUT2D eigenvalue weighted by Crippen LogP contribution is -2.18. The lowest BCUT2D eigenvalue weighted by Gasteiger charge is -2.05. The molecule has 0 aliphatic heterocycles. The summed E-state index contributed by atoms with van der Waals surface area (Å²) in [6, 6.07) is 0. The average Bonchev–Trinajstić information content (AvgIpc) is 2.43. The van der Waals surface area contributed by atoms with Crippen molar-refractivity contribution in [2.75, 3.05) is 14.1 Å². The molecule has 1 amide bonds. The van der Waals surface area contributed by atoms with Crippen LogP contribution in [-0.4, -0.2) is 24.9 Å². The van der Waals surface area contributed by atoms with E-state index in [-0.39, 0.29) is 5.91 Å². The first-order chi connectivity index (χ1) is 9.68. The maximum absolute atomic E-state index is 11.3. The number of nitrogens with zero attached hydrogens (tertiary/aromatic N) is 1. The highest BCUT2D eigenvalue weighted by Gasteiger charge is 1.96. The van der Waals surface area contributed by atoms with Crippen molar-refractivity contribution in [1.82, 2.24) is 4.90 Å². The summed E-state index contributed by atoms with van der Waals surface area (Å²) in [5.41, 5.74) is 0. The number of allylic oxidation sites excluding steroid dienone is 1. The minimum atomic E-state index is 0.0908. The van der Waals surface area contributed by atoms with Crippen molar-refractivity contribution < 1.29 is 4.79 Å². The van der Waals surface area contributed by atoms with Crippen LogP contribution in [0.25, 0.3) is 0 Å². The SMILES string of the molecule is CCCCCCCCCCCCCC=CC(=O)N(C)C. The van der Waals surface area contributed by atoms with Crippen LogP contribution in [-0.2, 0) is 4.79 Å². The maximum atomic E-state index is 11.3. The van der Waals surface area contributed by atoms with Crippen LogP contribution in [0.1, 0.15) is 84.0 Å². The van der Waals surface area contributed by atoms with Crippen LogP contribution in [0.5, 0.6) is 0 Å². The molecular formula is C18H35NO. The molecule has 0 heterocycles. The molecule has 0 bridgehead atoms. The molecule has 0 aromatic heterocycles. The first kappa shape index (κ1) is 19.2. The second-order valence-corrected chi connectivity index (χ2v) is 5.96. The van der Waals surface area contributed by atoms with Crippen molar-refractivity contribution in [3.63, 3.8) is 0 Å². The monoisotopic (exact) mass is 281 g/mol. The lowest BCUT2D eigenvalue weighted by molar-refractivity contribution is -0.123. The maximum Gasteiger partial charge on any atom is 0.245 e. The number of amides is 1. The fraction of sp³-hybridized carbons (Fsp3) is 0.833. The minimum Gasteiger partial charge on any atom is -0.345 e. The van der Waals surface area contributed by atoms with E-state index in [1.807, 2.05) is 6.08 Å². The Kier molecular flexibility index (Phi) is 14.0. The largest absolute Gasteiger partial charge is 0.345 e. The molecular weight excluding hydrogens is 246 g/mol. The topological polar surface area (TPSA) is 20.3 Å². The third-order valence-electron chi connectivity index (χ3n) is 3.68. The summed E-state index contributed by atoms with van der Waals surface area (Å²) in [7, 11) is 3.57. The van der Waals surface area contributed by atoms with E-state index in [1.54, 1.807) is 25.1 Å². The van der Waals surface area contributed by atoms with Crippen molar-refractivity contribution in [2.24, 2.45) is 0 Å². The van der Waals surface area contributed by atoms with E-state index >= 15 is 0 Å². The molecule has 0 rings (SSSR count). The molecule has 0 spiro atoms. The molecule has 0 fully saturated rings. The van der Waals surface area contributed by atoms with Crippen LogP contribution in [0.4, 0.5) is 0 Å². The van der Waals surface area contributed by atoms with E-state index in [4.69, 9.17) is 0 Å². The van der Waals surface area contributed by atoms with Gasteiger partial charge in [-0.25, -0.2) is 0 Å². The number of unbranched alkanes of at least 4 members (excludes halogenated alkanes) is 11. The second-order valence-electron chi connectivity index (χ2n) is 5.96. The second kappa shape index (κ2) is 14.6. The van der Waals surface area contributed by atoms with E-state index < -0.39 is 0 Å². The van der Waals surface area contributed by atoms with E-state index in [2.05, 4.69) is 6.92 Å². The van der Waals surface area contributed by atoms with Crippen LogP contribution in [0.15, 0.2) is 12.2 Å². The van der Waals surface area contributed by atoms with Crippen molar-refractivity contribution in [1.29, 1.82) is 0 Å². The van der Waals surface area contributed by atoms with Gasteiger partial charge in [-0.3, -0.25) is 4.79 Å². The van der Waals surface area contributed by atoms with Gasteiger partial charge < -0.3 is 4.90 Å². The summed E-state index contributed by atoms with van der Waals surface area (Å²) in [6.45, 7) is 2.27. The van der Waals surface area contributed by atoms with Crippen LogP contribution in [0, 0.1) is 0 Å². The van der Waals surface area contributed by atoms with Gasteiger partial charge in [0.25, 0.3) is 0 Å². The van der Waals surface area contributed by atoms with Gasteiger partial charge in [-0.15, -0.1) is 0 Å². The summed E-state index contributed by atoms with van der Waals surface area (Å²) in [6.07, 6.45) is 19.8. The van der Waals surface area contributed by atoms with Crippen molar-refractivity contribution in [3.8, 4) is 0 Å². The Bertz CT molecular complexity index is 246. The summed E-state index contributed by atoms with van der Waals surface area (Å²) < 4.78 is 0. The summed E-state index contributed by atoms with van der Waals surface area (Å²) >= 11 is 0. The summed E-state index contributed by atoms with van der Waals surface area (Å²) in [4.78, 5) is 12.9. The van der Waals surface area contributed by atoms with E-state index in [1.165, 1.54) is 70.6 Å². The minimum absolute atomic E-state index is 0.0908. The molecule has 0 saturated carbocycles. The van der Waals surface area contributed by atoms with Crippen LogP contribution in [0.2, 0.25) is 0 Å². The van der Waals surface area contributed by atoms with Gasteiger partial charge in [0.15, 0.2) is 0 Å². The Balaban J connectivity index is 3.15. The van der Waals surface area contributed by atoms with Gasteiger partial charge in [0.2, 0.25) is 5.91 Å². The average molecular weight is 281 g/mol. The molecule has 0 unspecified atom stereocenters. The zero-order valence-corrected chi connectivity index (χ0v) is 14.0. The first-order valence-corrected chi connectivity index (χ1v) is 8.56. The van der Waals surface area contributed by atoms with Gasteiger partial charge in [0.1, 0.15) is 0 Å². The molecule has 0 saturated heterocycles. The molecule has 0 atom stereocenters. The van der Waals surface area contributed by atoms with E-state index in [0.29, 0.717) is 0 Å². The summed E-state index contributed by atoms with van der Waals surface area (Å²) in [5.74, 6) is 0.0908. The van der Waals surface area contributed by atoms with Gasteiger partial charge in [-0.05, 0) is 18.9 Å².